The van der Waals surface area contributed by atoms with Gasteiger partial charge in [-0.3, -0.25) is 5.43 Å². The van der Waals surface area contributed by atoms with E-state index in [2.05, 4.69) is 36.5 Å². The predicted octanol–water partition coefficient (Wildman–Crippen LogP) is 2.42. The van der Waals surface area contributed by atoms with E-state index in [1.165, 1.54) is 5.56 Å². The first-order chi connectivity index (χ1) is 6.17. The first-order valence-electron chi connectivity index (χ1n) is 4.27. The van der Waals surface area contributed by atoms with E-state index in [1.807, 2.05) is 18.2 Å². The molecule has 0 saturated carbocycles. The second-order valence-corrected chi connectivity index (χ2v) is 5.12. The summed E-state index contributed by atoms with van der Waals surface area (Å²) in [5.74, 6) is 0. The minimum absolute atomic E-state index is 0.0329. The van der Waals surface area contributed by atoms with Crippen molar-refractivity contribution in [2.45, 2.75) is 18.7 Å². The standard InChI is InChI=1S/C10H12N2S/c1-10(2)12-11-9(13-10)8-6-4-3-5-7-8/h3-7,12H,1-2H3. The van der Waals surface area contributed by atoms with Gasteiger partial charge in [0.25, 0.3) is 0 Å². The number of hydrogen-bond acceptors (Lipinski definition) is 3. The van der Waals surface area contributed by atoms with Gasteiger partial charge in [-0.05, 0) is 13.8 Å². The number of hydrazone groups is 1. The van der Waals surface area contributed by atoms with E-state index >= 15 is 0 Å². The minimum Gasteiger partial charge on any atom is -0.293 e. The molecule has 13 heavy (non-hydrogen) atoms. The number of thioether (sulfide) groups is 1. The molecule has 0 saturated heterocycles. The van der Waals surface area contributed by atoms with Crippen LogP contribution in [0.15, 0.2) is 35.4 Å². The fourth-order valence-electron chi connectivity index (χ4n) is 1.18. The second kappa shape index (κ2) is 3.07. The van der Waals surface area contributed by atoms with Crippen LogP contribution < -0.4 is 5.43 Å². The van der Waals surface area contributed by atoms with Crippen LogP contribution in [0, 0.1) is 0 Å². The molecule has 0 amide bonds. The summed E-state index contributed by atoms with van der Waals surface area (Å²) >= 11 is 1.76. The normalized spacial score (nSPS) is 19.4. The summed E-state index contributed by atoms with van der Waals surface area (Å²) in [5, 5.41) is 5.36. The van der Waals surface area contributed by atoms with Crippen molar-refractivity contribution < 1.29 is 0 Å². The van der Waals surface area contributed by atoms with Crippen LogP contribution in [0.1, 0.15) is 19.4 Å². The van der Waals surface area contributed by atoms with Crippen molar-refractivity contribution in [2.75, 3.05) is 0 Å². The predicted molar refractivity (Wildman–Crippen MR) is 57.8 cm³/mol. The maximum atomic E-state index is 4.29. The molecule has 0 spiro atoms. The van der Waals surface area contributed by atoms with E-state index in [0.717, 1.165) is 5.04 Å². The summed E-state index contributed by atoms with van der Waals surface area (Å²) in [7, 11) is 0. The van der Waals surface area contributed by atoms with Crippen molar-refractivity contribution in [1.29, 1.82) is 0 Å². The summed E-state index contributed by atoms with van der Waals surface area (Å²) in [6.45, 7) is 4.24. The summed E-state index contributed by atoms with van der Waals surface area (Å²) in [6, 6.07) is 10.2. The van der Waals surface area contributed by atoms with Gasteiger partial charge in [-0.2, -0.15) is 5.10 Å². The monoisotopic (exact) mass is 192 g/mol. The lowest BCUT2D eigenvalue weighted by Gasteiger charge is -2.14. The molecule has 68 valence electrons. The van der Waals surface area contributed by atoms with Crippen LogP contribution in [0.5, 0.6) is 0 Å². The van der Waals surface area contributed by atoms with Crippen LogP contribution >= 0.6 is 11.8 Å². The first kappa shape index (κ1) is 8.63. The number of nitrogens with one attached hydrogen (secondary N) is 1. The van der Waals surface area contributed by atoms with Crippen molar-refractivity contribution >= 4 is 16.8 Å². The molecule has 2 nitrogen and oxygen atoms in total. The maximum absolute atomic E-state index is 4.29. The molecule has 1 aromatic rings. The van der Waals surface area contributed by atoms with Gasteiger partial charge in [0.2, 0.25) is 0 Å². The quantitative estimate of drug-likeness (QED) is 0.739. The summed E-state index contributed by atoms with van der Waals surface area (Å²) < 4.78 is 0. The molecule has 1 heterocycles. The Labute approximate surface area is 82.4 Å². The van der Waals surface area contributed by atoms with E-state index in [1.54, 1.807) is 11.8 Å². The van der Waals surface area contributed by atoms with Crippen LogP contribution in [0.25, 0.3) is 0 Å². The molecule has 1 N–H and O–H groups in total. The Morgan fingerprint density at radius 3 is 2.46 bits per heavy atom. The third-order valence-electron chi connectivity index (χ3n) is 1.80. The van der Waals surface area contributed by atoms with Crippen LogP contribution in [0.2, 0.25) is 0 Å². The van der Waals surface area contributed by atoms with Gasteiger partial charge < -0.3 is 0 Å². The van der Waals surface area contributed by atoms with E-state index in [9.17, 15) is 0 Å². The zero-order valence-corrected chi connectivity index (χ0v) is 8.56. The summed E-state index contributed by atoms with van der Waals surface area (Å²) in [6.07, 6.45) is 0. The van der Waals surface area contributed by atoms with Gasteiger partial charge in [0, 0.05) is 5.56 Å². The van der Waals surface area contributed by atoms with E-state index in [4.69, 9.17) is 0 Å². The highest BCUT2D eigenvalue weighted by molar-refractivity contribution is 8.15. The van der Waals surface area contributed by atoms with Crippen molar-refractivity contribution in [1.82, 2.24) is 5.43 Å². The Balaban J connectivity index is 2.22. The number of rotatable bonds is 1. The average Bonchev–Trinajstić information content (AvgIpc) is 2.48. The van der Waals surface area contributed by atoms with E-state index in [-0.39, 0.29) is 4.87 Å². The number of nitrogens with zero attached hydrogens (tertiary/aromatic N) is 1. The van der Waals surface area contributed by atoms with Crippen LogP contribution in [0.3, 0.4) is 0 Å². The lowest BCUT2D eigenvalue weighted by atomic mass is 10.2. The highest BCUT2D eigenvalue weighted by Crippen LogP contribution is 2.30. The van der Waals surface area contributed by atoms with Gasteiger partial charge >= 0.3 is 0 Å². The highest BCUT2D eigenvalue weighted by Gasteiger charge is 2.26. The van der Waals surface area contributed by atoms with Gasteiger partial charge in [0.15, 0.2) is 0 Å². The van der Waals surface area contributed by atoms with Gasteiger partial charge in [-0.1, -0.05) is 42.1 Å². The zero-order chi connectivity index (χ0) is 9.31. The van der Waals surface area contributed by atoms with Crippen LogP contribution in [0.4, 0.5) is 0 Å². The van der Waals surface area contributed by atoms with E-state index in [0.29, 0.717) is 0 Å². The molecule has 0 aromatic heterocycles. The largest absolute Gasteiger partial charge is 0.293 e. The van der Waals surface area contributed by atoms with E-state index < -0.39 is 0 Å². The third-order valence-corrected chi connectivity index (χ3v) is 2.92. The molecule has 0 fully saturated rings. The fourth-order valence-corrected chi connectivity index (χ4v) is 2.10. The molecule has 1 aliphatic heterocycles. The molecule has 0 bridgehead atoms. The molecular formula is C10H12N2S. The molecule has 3 heteroatoms. The first-order valence-corrected chi connectivity index (χ1v) is 5.08. The zero-order valence-electron chi connectivity index (χ0n) is 7.74. The maximum Gasteiger partial charge on any atom is 0.126 e. The molecule has 0 radical (unpaired) electrons. The van der Waals surface area contributed by atoms with Gasteiger partial charge in [-0.25, -0.2) is 0 Å². The highest BCUT2D eigenvalue weighted by atomic mass is 32.2. The average molecular weight is 192 g/mol. The van der Waals surface area contributed by atoms with Gasteiger partial charge in [-0.15, -0.1) is 0 Å². The Hall–Kier alpha value is -0.960. The smallest absolute Gasteiger partial charge is 0.126 e. The molecule has 1 aromatic carbocycles. The molecule has 0 unspecified atom stereocenters. The Bertz CT molecular complexity index is 330. The van der Waals surface area contributed by atoms with Gasteiger partial charge in [0.1, 0.15) is 9.91 Å². The SMILES string of the molecule is CC1(C)NN=C(c2ccccc2)S1. The van der Waals surface area contributed by atoms with Crippen molar-refractivity contribution in [3.05, 3.63) is 35.9 Å². The second-order valence-electron chi connectivity index (χ2n) is 3.51. The number of benzene rings is 1. The molecule has 1 aliphatic rings. The van der Waals surface area contributed by atoms with Crippen molar-refractivity contribution in [2.24, 2.45) is 5.10 Å². The van der Waals surface area contributed by atoms with Gasteiger partial charge in [0.05, 0.1) is 0 Å². The molecular weight excluding hydrogens is 180 g/mol. The van der Waals surface area contributed by atoms with Crippen molar-refractivity contribution in [3.8, 4) is 0 Å². The molecule has 2 rings (SSSR count). The topological polar surface area (TPSA) is 24.4 Å². The Morgan fingerprint density at radius 1 is 1.23 bits per heavy atom. The van der Waals surface area contributed by atoms with Crippen LogP contribution in [-0.2, 0) is 0 Å². The molecule has 0 aliphatic carbocycles. The van der Waals surface area contributed by atoms with Crippen LogP contribution in [-0.4, -0.2) is 9.91 Å². The minimum atomic E-state index is 0.0329. The Morgan fingerprint density at radius 2 is 1.92 bits per heavy atom. The lowest BCUT2D eigenvalue weighted by Crippen LogP contribution is -2.26. The third kappa shape index (κ3) is 1.86. The number of hydrogen-bond donors (Lipinski definition) is 1. The summed E-state index contributed by atoms with van der Waals surface area (Å²) in [4.78, 5) is 0.0329. The van der Waals surface area contributed by atoms with Crippen molar-refractivity contribution in [3.63, 3.8) is 0 Å². The fraction of sp³-hybridized carbons (Fsp3) is 0.300. The summed E-state index contributed by atoms with van der Waals surface area (Å²) in [5.41, 5.74) is 4.28. The Kier molecular flexibility index (Phi) is 2.04. The lowest BCUT2D eigenvalue weighted by molar-refractivity contribution is 0.582. The molecule has 0 atom stereocenters.